The highest BCUT2D eigenvalue weighted by molar-refractivity contribution is 7.92. The Morgan fingerprint density at radius 3 is 2.06 bits per heavy atom. The summed E-state index contributed by atoms with van der Waals surface area (Å²) >= 11 is 0. The molecule has 2 aromatic carbocycles. The van der Waals surface area contributed by atoms with Gasteiger partial charge in [0.15, 0.2) is 0 Å². The first kappa shape index (κ1) is 26.1. The second kappa shape index (κ2) is 10.7. The van der Waals surface area contributed by atoms with Gasteiger partial charge in [-0.15, -0.1) is 0 Å². The predicted molar refractivity (Wildman–Crippen MR) is 113 cm³/mol. The molecule has 33 heavy (non-hydrogen) atoms. The van der Waals surface area contributed by atoms with Crippen LogP contribution in [-0.2, 0) is 29.8 Å². The molecular weight excluding hydrogens is 465 g/mol. The van der Waals surface area contributed by atoms with Crippen molar-refractivity contribution in [3.63, 3.8) is 0 Å². The van der Waals surface area contributed by atoms with E-state index in [1.807, 2.05) is 12.1 Å². The molecule has 0 spiro atoms. The number of rotatable bonds is 8. The first-order chi connectivity index (χ1) is 15.4. The van der Waals surface area contributed by atoms with Crippen molar-refractivity contribution in [1.29, 1.82) is 0 Å². The van der Waals surface area contributed by atoms with E-state index in [0.717, 1.165) is 18.4 Å². The lowest BCUT2D eigenvalue weighted by atomic mass is 9.95. The summed E-state index contributed by atoms with van der Waals surface area (Å²) in [6, 6.07) is 15.2. The van der Waals surface area contributed by atoms with Crippen LogP contribution in [0.4, 0.5) is 18.9 Å². The Hall–Kier alpha value is -3.12. The molecule has 8 nitrogen and oxygen atoms in total. The molecule has 1 saturated carbocycles. The molecule has 3 rings (SSSR count). The smallest absolute Gasteiger partial charge is 0.475 e. The maximum Gasteiger partial charge on any atom is 0.490 e. The van der Waals surface area contributed by atoms with Crippen molar-refractivity contribution in [2.24, 2.45) is 0 Å². The molecule has 3 N–H and O–H groups in total. The standard InChI is InChI=1S/C19H22N2O4S.C2HF3O2/c1-25-14-13-20-18(22)19(11-12-19)15-7-9-16(10-8-15)21-26(23,24)17-5-3-2-4-6-17;3-2(4,5)1(6)7/h2-10,21H,11-14H2,1H3,(H,20,22);(H,6,7). The van der Waals surface area contributed by atoms with Crippen LogP contribution < -0.4 is 10.0 Å². The molecule has 0 aromatic heterocycles. The summed E-state index contributed by atoms with van der Waals surface area (Å²) in [6.07, 6.45) is -3.50. The van der Waals surface area contributed by atoms with Crippen LogP contribution in [0.15, 0.2) is 59.5 Å². The Kier molecular flexibility index (Phi) is 8.45. The largest absolute Gasteiger partial charge is 0.490 e. The highest BCUT2D eigenvalue weighted by atomic mass is 32.2. The molecule has 1 fully saturated rings. The summed E-state index contributed by atoms with van der Waals surface area (Å²) in [5, 5.41) is 10.0. The molecule has 0 bridgehead atoms. The van der Waals surface area contributed by atoms with Gasteiger partial charge in [-0.05, 0) is 42.7 Å². The van der Waals surface area contributed by atoms with Crippen LogP contribution in [0.1, 0.15) is 18.4 Å². The van der Waals surface area contributed by atoms with Crippen LogP contribution >= 0.6 is 0 Å². The van der Waals surface area contributed by atoms with E-state index in [9.17, 15) is 26.4 Å². The van der Waals surface area contributed by atoms with Crippen molar-refractivity contribution < 1.29 is 41.0 Å². The number of halogens is 3. The number of amides is 1. The summed E-state index contributed by atoms with van der Waals surface area (Å²) in [4.78, 5) is 21.5. The lowest BCUT2D eigenvalue weighted by Crippen LogP contribution is -2.36. The quantitative estimate of drug-likeness (QED) is 0.492. The van der Waals surface area contributed by atoms with Crippen LogP contribution in [0.5, 0.6) is 0 Å². The third-order valence-electron chi connectivity index (χ3n) is 4.76. The van der Waals surface area contributed by atoms with Gasteiger partial charge in [-0.1, -0.05) is 30.3 Å². The minimum Gasteiger partial charge on any atom is -0.475 e. The number of hydrogen-bond donors (Lipinski definition) is 3. The molecule has 1 aliphatic rings. The van der Waals surface area contributed by atoms with Crippen LogP contribution in [-0.4, -0.2) is 51.8 Å². The fourth-order valence-corrected chi connectivity index (χ4v) is 3.96. The fraction of sp³-hybridized carbons (Fsp3) is 0.333. The Morgan fingerprint density at radius 1 is 1.06 bits per heavy atom. The molecule has 0 heterocycles. The van der Waals surface area contributed by atoms with E-state index in [4.69, 9.17) is 14.6 Å². The average molecular weight is 488 g/mol. The molecular formula is C21H23F3N2O6S. The number of anilines is 1. The molecule has 0 atom stereocenters. The minimum atomic E-state index is -5.08. The Morgan fingerprint density at radius 2 is 1.61 bits per heavy atom. The van der Waals surface area contributed by atoms with Crippen molar-refractivity contribution in [2.45, 2.75) is 29.3 Å². The molecule has 0 saturated heterocycles. The van der Waals surface area contributed by atoms with Gasteiger partial charge < -0.3 is 15.2 Å². The number of benzene rings is 2. The lowest BCUT2D eigenvalue weighted by Gasteiger charge is -2.16. The van der Waals surface area contributed by atoms with E-state index in [-0.39, 0.29) is 10.8 Å². The summed E-state index contributed by atoms with van der Waals surface area (Å²) in [5.41, 5.74) is 0.869. The molecule has 1 amide bonds. The van der Waals surface area contributed by atoms with Crippen LogP contribution in [0.3, 0.4) is 0 Å². The number of aliphatic carboxylic acids is 1. The summed E-state index contributed by atoms with van der Waals surface area (Å²) in [7, 11) is -2.03. The molecule has 1 aliphatic carbocycles. The van der Waals surface area contributed by atoms with Crippen molar-refractivity contribution in [3.05, 3.63) is 60.2 Å². The number of alkyl halides is 3. The minimum absolute atomic E-state index is 0.00725. The highest BCUT2D eigenvalue weighted by Gasteiger charge is 2.51. The van der Waals surface area contributed by atoms with E-state index in [1.54, 1.807) is 49.6 Å². The predicted octanol–water partition coefficient (Wildman–Crippen LogP) is 2.91. The van der Waals surface area contributed by atoms with Gasteiger partial charge in [0, 0.05) is 19.3 Å². The second-order valence-corrected chi connectivity index (χ2v) is 8.81. The van der Waals surface area contributed by atoms with Gasteiger partial charge in [-0.2, -0.15) is 13.2 Å². The zero-order valence-electron chi connectivity index (χ0n) is 17.6. The number of nitrogens with one attached hydrogen (secondary N) is 2. The van der Waals surface area contributed by atoms with Crippen LogP contribution in [0.2, 0.25) is 0 Å². The number of carbonyl (C=O) groups excluding carboxylic acids is 1. The van der Waals surface area contributed by atoms with Gasteiger partial charge in [0.05, 0.1) is 16.9 Å². The maximum absolute atomic E-state index is 12.4. The molecule has 0 unspecified atom stereocenters. The zero-order valence-corrected chi connectivity index (χ0v) is 18.4. The number of carbonyl (C=O) groups is 2. The van der Waals surface area contributed by atoms with Crippen molar-refractivity contribution >= 4 is 27.6 Å². The first-order valence-corrected chi connectivity index (χ1v) is 11.2. The number of carboxylic acids is 1. The monoisotopic (exact) mass is 488 g/mol. The molecule has 0 aliphatic heterocycles. The fourth-order valence-electron chi connectivity index (χ4n) is 2.88. The number of carboxylic acid groups (broad SMARTS) is 1. The van der Waals surface area contributed by atoms with Crippen molar-refractivity contribution in [1.82, 2.24) is 5.32 Å². The molecule has 0 radical (unpaired) electrons. The topological polar surface area (TPSA) is 122 Å². The Labute approximate surface area is 188 Å². The third-order valence-corrected chi connectivity index (χ3v) is 6.16. The number of hydrogen-bond acceptors (Lipinski definition) is 5. The van der Waals surface area contributed by atoms with E-state index < -0.39 is 27.6 Å². The van der Waals surface area contributed by atoms with Crippen LogP contribution in [0, 0.1) is 0 Å². The van der Waals surface area contributed by atoms with Gasteiger partial charge in [0.2, 0.25) is 5.91 Å². The first-order valence-electron chi connectivity index (χ1n) is 9.68. The van der Waals surface area contributed by atoms with Gasteiger partial charge in [0.1, 0.15) is 0 Å². The van der Waals surface area contributed by atoms with Gasteiger partial charge >= 0.3 is 12.1 Å². The summed E-state index contributed by atoms with van der Waals surface area (Å²) in [6.45, 7) is 0.952. The second-order valence-electron chi connectivity index (χ2n) is 7.13. The lowest BCUT2D eigenvalue weighted by molar-refractivity contribution is -0.192. The van der Waals surface area contributed by atoms with Gasteiger partial charge in [-0.3, -0.25) is 9.52 Å². The van der Waals surface area contributed by atoms with Crippen molar-refractivity contribution in [3.8, 4) is 0 Å². The normalized spacial score (nSPS) is 14.4. The third kappa shape index (κ3) is 7.19. The highest BCUT2D eigenvalue weighted by Crippen LogP contribution is 2.48. The van der Waals surface area contributed by atoms with E-state index in [2.05, 4.69) is 10.0 Å². The van der Waals surface area contributed by atoms with Gasteiger partial charge in [0.25, 0.3) is 10.0 Å². The average Bonchev–Trinajstić information content (AvgIpc) is 3.57. The number of ether oxygens (including phenoxy) is 1. The number of sulfonamides is 1. The van der Waals surface area contributed by atoms with Crippen molar-refractivity contribution in [2.75, 3.05) is 25.0 Å². The Bertz CT molecular complexity index is 1050. The molecule has 12 heteroatoms. The maximum atomic E-state index is 12.4. The zero-order chi connectivity index (χ0) is 24.7. The summed E-state index contributed by atoms with van der Waals surface area (Å²) < 4.78 is 64.0. The van der Waals surface area contributed by atoms with E-state index in [0.29, 0.717) is 18.8 Å². The number of methoxy groups -OCH3 is 1. The molecule has 180 valence electrons. The van der Waals surface area contributed by atoms with E-state index >= 15 is 0 Å². The molecule has 2 aromatic rings. The Balaban J connectivity index is 0.000000479. The van der Waals surface area contributed by atoms with Gasteiger partial charge in [-0.25, -0.2) is 13.2 Å². The SMILES string of the molecule is COCCNC(=O)C1(c2ccc(NS(=O)(=O)c3ccccc3)cc2)CC1.O=C(O)C(F)(F)F. The van der Waals surface area contributed by atoms with Crippen LogP contribution in [0.25, 0.3) is 0 Å². The van der Waals surface area contributed by atoms with E-state index in [1.165, 1.54) is 0 Å². The summed E-state index contributed by atoms with van der Waals surface area (Å²) in [5.74, 6) is -2.76.